The number of rotatable bonds is 5. The number of hydrogen-bond donors (Lipinski definition) is 0. The highest BCUT2D eigenvalue weighted by molar-refractivity contribution is 6.15. The lowest BCUT2D eigenvalue weighted by molar-refractivity contribution is 0.668. The van der Waals surface area contributed by atoms with Gasteiger partial charge in [-0.05, 0) is 69.9 Å². The Morgan fingerprint density at radius 2 is 0.959 bits per heavy atom. The highest BCUT2D eigenvalue weighted by Crippen LogP contribution is 2.48. The van der Waals surface area contributed by atoms with E-state index >= 15 is 0 Å². The van der Waals surface area contributed by atoms with Crippen molar-refractivity contribution in [3.05, 3.63) is 176 Å². The molecule has 0 bridgehead atoms. The van der Waals surface area contributed by atoms with Crippen LogP contribution in [0.1, 0.15) is 0 Å². The third kappa shape index (κ3) is 4.37. The van der Waals surface area contributed by atoms with Crippen molar-refractivity contribution in [2.75, 3.05) is 4.90 Å². The van der Waals surface area contributed by atoms with E-state index in [2.05, 4.69) is 157 Å². The van der Waals surface area contributed by atoms with E-state index in [1.165, 1.54) is 16.3 Å². The first-order valence-corrected chi connectivity index (χ1v) is 16.6. The Morgan fingerprint density at radius 3 is 1.88 bits per heavy atom. The van der Waals surface area contributed by atoms with Gasteiger partial charge < -0.3 is 13.7 Å². The third-order valence-corrected chi connectivity index (χ3v) is 9.67. The highest BCUT2D eigenvalue weighted by atomic mass is 16.3. The topological polar surface area (TPSA) is 29.5 Å². The van der Waals surface area contributed by atoms with E-state index < -0.39 is 0 Å². The van der Waals surface area contributed by atoms with Crippen molar-refractivity contribution >= 4 is 71.7 Å². The molecule has 8 aromatic carbocycles. The Hall–Kier alpha value is -6.58. The number of hydrogen-bond acceptors (Lipinski definition) is 3. The lowest BCUT2D eigenvalue weighted by Gasteiger charge is -2.28. The molecule has 0 fully saturated rings. The van der Waals surface area contributed by atoms with Crippen molar-refractivity contribution in [1.29, 1.82) is 0 Å². The number of benzene rings is 8. The van der Waals surface area contributed by atoms with E-state index in [0.29, 0.717) is 0 Å². The summed E-state index contributed by atoms with van der Waals surface area (Å²) in [5.74, 6) is 0. The molecule has 0 saturated carbocycles. The first kappa shape index (κ1) is 27.5. The Bertz CT molecular complexity index is 2850. The Labute approximate surface area is 282 Å². The molecule has 10 aromatic rings. The summed E-state index contributed by atoms with van der Waals surface area (Å²) >= 11 is 0. The summed E-state index contributed by atoms with van der Waals surface area (Å²) in [5, 5.41) is 6.85. The summed E-state index contributed by atoms with van der Waals surface area (Å²) in [6, 6.07) is 62.0. The second kappa shape index (κ2) is 11.0. The molecule has 49 heavy (non-hydrogen) atoms. The molecule has 3 nitrogen and oxygen atoms in total. The van der Waals surface area contributed by atoms with E-state index in [1.807, 2.05) is 24.3 Å². The van der Waals surface area contributed by atoms with Gasteiger partial charge in [-0.2, -0.15) is 0 Å². The van der Waals surface area contributed by atoms with Crippen molar-refractivity contribution in [2.24, 2.45) is 0 Å². The predicted molar refractivity (Wildman–Crippen MR) is 204 cm³/mol. The van der Waals surface area contributed by atoms with E-state index in [0.717, 1.165) is 77.6 Å². The van der Waals surface area contributed by atoms with Crippen molar-refractivity contribution in [1.82, 2.24) is 0 Å². The van der Waals surface area contributed by atoms with E-state index in [9.17, 15) is 0 Å². The molecule has 3 heteroatoms. The van der Waals surface area contributed by atoms with Crippen LogP contribution in [0.15, 0.2) is 185 Å². The first-order chi connectivity index (χ1) is 24.3. The number of fused-ring (bicyclic) bond motifs is 7. The predicted octanol–water partition coefficient (Wildman–Crippen LogP) is 13.4. The molecule has 0 radical (unpaired) electrons. The number of para-hydroxylation sites is 4. The van der Waals surface area contributed by atoms with Crippen LogP contribution in [0, 0.1) is 0 Å². The first-order valence-electron chi connectivity index (χ1n) is 16.6. The van der Waals surface area contributed by atoms with Crippen molar-refractivity contribution < 1.29 is 8.83 Å². The second-order valence-corrected chi connectivity index (χ2v) is 12.5. The van der Waals surface area contributed by atoms with E-state index in [4.69, 9.17) is 8.83 Å². The van der Waals surface area contributed by atoms with Crippen LogP contribution in [-0.4, -0.2) is 0 Å². The van der Waals surface area contributed by atoms with Crippen LogP contribution in [0.3, 0.4) is 0 Å². The van der Waals surface area contributed by atoms with Gasteiger partial charge in [0.05, 0.1) is 11.4 Å². The fourth-order valence-electron chi connectivity index (χ4n) is 7.50. The fourth-order valence-corrected chi connectivity index (χ4v) is 7.50. The maximum absolute atomic E-state index is 6.68. The Morgan fingerprint density at radius 1 is 0.367 bits per heavy atom. The zero-order valence-electron chi connectivity index (χ0n) is 26.5. The van der Waals surface area contributed by atoms with Crippen LogP contribution in [-0.2, 0) is 0 Å². The van der Waals surface area contributed by atoms with Crippen LogP contribution in [0.5, 0.6) is 0 Å². The molecule has 0 unspecified atom stereocenters. The van der Waals surface area contributed by atoms with Crippen molar-refractivity contribution in [3.8, 4) is 22.3 Å². The van der Waals surface area contributed by atoms with Crippen LogP contribution < -0.4 is 4.90 Å². The minimum absolute atomic E-state index is 0.848. The van der Waals surface area contributed by atoms with Crippen LogP contribution in [0.2, 0.25) is 0 Å². The summed E-state index contributed by atoms with van der Waals surface area (Å²) in [7, 11) is 0. The van der Waals surface area contributed by atoms with E-state index in [1.54, 1.807) is 0 Å². The molecule has 0 amide bonds. The standard InChI is InChI=1S/C46H29NO2/c1-2-17-33-30(13-1)14-10-21-34(33)31-15-9-16-32(29-31)47(41-25-11-23-38-36-19-4-7-26-42(36)49-46(38)41)40-24-6-3-18-35(40)37-22-12-28-44-45(37)39-20-5-8-27-43(39)48-44/h1-29H. The smallest absolute Gasteiger partial charge is 0.159 e. The van der Waals surface area contributed by atoms with Gasteiger partial charge in [0.25, 0.3) is 0 Å². The molecule has 0 aliphatic rings. The van der Waals surface area contributed by atoms with Crippen molar-refractivity contribution in [3.63, 3.8) is 0 Å². The lowest BCUT2D eigenvalue weighted by atomic mass is 9.96. The second-order valence-electron chi connectivity index (χ2n) is 12.5. The maximum Gasteiger partial charge on any atom is 0.159 e. The van der Waals surface area contributed by atoms with Gasteiger partial charge in [-0.3, -0.25) is 0 Å². The molecular weight excluding hydrogens is 599 g/mol. The molecule has 2 heterocycles. The van der Waals surface area contributed by atoms with Gasteiger partial charge in [0.1, 0.15) is 16.7 Å². The van der Waals surface area contributed by atoms with E-state index in [-0.39, 0.29) is 0 Å². The van der Waals surface area contributed by atoms with Crippen LogP contribution >= 0.6 is 0 Å². The van der Waals surface area contributed by atoms with Gasteiger partial charge in [-0.1, -0.05) is 133 Å². The van der Waals surface area contributed by atoms with Crippen molar-refractivity contribution in [2.45, 2.75) is 0 Å². The molecule has 0 aliphatic carbocycles. The quantitative estimate of drug-likeness (QED) is 0.190. The summed E-state index contributed by atoms with van der Waals surface area (Å²) < 4.78 is 13.0. The van der Waals surface area contributed by atoms with Crippen LogP contribution in [0.25, 0.3) is 76.9 Å². The average Bonchev–Trinajstić information content (AvgIpc) is 3.74. The number of anilines is 3. The SMILES string of the molecule is c1cc(-c2cccc3ccccc23)cc(N(c2ccccc2-c2cccc3oc4ccccc4c23)c2cccc3c2oc2ccccc23)c1. The molecule has 230 valence electrons. The van der Waals surface area contributed by atoms with Gasteiger partial charge in [-0.25, -0.2) is 0 Å². The molecular formula is C46H29NO2. The summed E-state index contributed by atoms with van der Waals surface area (Å²) in [6.07, 6.45) is 0. The zero-order chi connectivity index (χ0) is 32.3. The minimum Gasteiger partial charge on any atom is -0.456 e. The fraction of sp³-hybridized carbons (Fsp3) is 0. The lowest BCUT2D eigenvalue weighted by Crippen LogP contribution is -2.11. The summed E-state index contributed by atoms with van der Waals surface area (Å²) in [6.45, 7) is 0. The Balaban J connectivity index is 1.27. The van der Waals surface area contributed by atoms with Gasteiger partial charge >= 0.3 is 0 Å². The average molecular weight is 628 g/mol. The number of furan rings is 2. The van der Waals surface area contributed by atoms with Gasteiger partial charge in [0.2, 0.25) is 0 Å². The maximum atomic E-state index is 6.68. The minimum atomic E-state index is 0.848. The molecule has 10 rings (SSSR count). The normalized spacial score (nSPS) is 11.7. The van der Waals surface area contributed by atoms with Gasteiger partial charge in [-0.15, -0.1) is 0 Å². The molecule has 0 saturated heterocycles. The molecule has 0 atom stereocenters. The zero-order valence-corrected chi connectivity index (χ0v) is 26.5. The van der Waals surface area contributed by atoms with Crippen LogP contribution in [0.4, 0.5) is 17.1 Å². The Kier molecular flexibility index (Phi) is 6.18. The summed E-state index contributed by atoms with van der Waals surface area (Å²) in [5.41, 5.74) is 11.1. The molecule has 0 spiro atoms. The molecule has 2 aromatic heterocycles. The molecule has 0 N–H and O–H groups in total. The summed E-state index contributed by atoms with van der Waals surface area (Å²) in [4.78, 5) is 2.36. The largest absolute Gasteiger partial charge is 0.456 e. The molecule has 0 aliphatic heterocycles. The monoisotopic (exact) mass is 627 g/mol. The van der Waals surface area contributed by atoms with Gasteiger partial charge in [0, 0.05) is 32.8 Å². The third-order valence-electron chi connectivity index (χ3n) is 9.67. The highest BCUT2D eigenvalue weighted by Gasteiger charge is 2.24. The van der Waals surface area contributed by atoms with Gasteiger partial charge in [0.15, 0.2) is 5.58 Å². The number of nitrogens with zero attached hydrogens (tertiary/aromatic N) is 1.